The van der Waals surface area contributed by atoms with E-state index in [1.165, 1.54) is 0 Å². The van der Waals surface area contributed by atoms with Crippen LogP contribution in [0.2, 0.25) is 0 Å². The van der Waals surface area contributed by atoms with Crippen molar-refractivity contribution in [2.24, 2.45) is 5.73 Å². The standard InChI is InChI=1S/C8H8N4/c9-8(10)6-1-2-12-5-11-4-7(12)3-6/h1-5H,(H3,9,10). The number of pyridine rings is 1. The van der Waals surface area contributed by atoms with Crippen molar-refractivity contribution in [2.75, 3.05) is 0 Å². The molecule has 0 atom stereocenters. The zero-order valence-electron chi connectivity index (χ0n) is 6.36. The molecular formula is C8H8N4. The van der Waals surface area contributed by atoms with Gasteiger partial charge in [0.05, 0.1) is 18.0 Å². The molecule has 0 radical (unpaired) electrons. The first-order valence-corrected chi connectivity index (χ1v) is 3.53. The molecule has 0 aromatic carbocycles. The maximum atomic E-state index is 7.21. The van der Waals surface area contributed by atoms with Gasteiger partial charge in [-0.3, -0.25) is 5.41 Å². The molecule has 2 aromatic heterocycles. The summed E-state index contributed by atoms with van der Waals surface area (Å²) in [5.74, 6) is 0.0821. The maximum absolute atomic E-state index is 7.21. The van der Waals surface area contributed by atoms with E-state index in [1.807, 2.05) is 16.7 Å². The molecule has 4 nitrogen and oxygen atoms in total. The van der Waals surface area contributed by atoms with Crippen molar-refractivity contribution in [3.8, 4) is 0 Å². The van der Waals surface area contributed by atoms with E-state index in [9.17, 15) is 0 Å². The minimum atomic E-state index is 0.0821. The number of nitrogens with zero attached hydrogens (tertiary/aromatic N) is 2. The third kappa shape index (κ3) is 0.934. The zero-order chi connectivity index (χ0) is 8.55. The number of amidine groups is 1. The molecule has 0 fully saturated rings. The summed E-state index contributed by atoms with van der Waals surface area (Å²) in [4.78, 5) is 3.95. The van der Waals surface area contributed by atoms with E-state index in [4.69, 9.17) is 11.1 Å². The number of rotatable bonds is 1. The maximum Gasteiger partial charge on any atom is 0.122 e. The molecule has 0 saturated carbocycles. The van der Waals surface area contributed by atoms with Crippen molar-refractivity contribution in [3.63, 3.8) is 0 Å². The zero-order valence-corrected chi connectivity index (χ0v) is 6.36. The summed E-state index contributed by atoms with van der Waals surface area (Å²) >= 11 is 0. The van der Waals surface area contributed by atoms with Crippen LogP contribution in [0.5, 0.6) is 0 Å². The molecule has 0 unspecified atom stereocenters. The highest BCUT2D eigenvalue weighted by molar-refractivity contribution is 5.95. The number of nitrogen functional groups attached to an aromatic ring is 1. The Kier molecular flexibility index (Phi) is 1.33. The number of aromatic nitrogens is 2. The number of fused-ring (bicyclic) bond motifs is 1. The first kappa shape index (κ1) is 6.84. The Morgan fingerprint density at radius 3 is 3.17 bits per heavy atom. The van der Waals surface area contributed by atoms with E-state index in [0.717, 1.165) is 11.1 Å². The van der Waals surface area contributed by atoms with E-state index in [1.54, 1.807) is 18.6 Å². The lowest BCUT2D eigenvalue weighted by atomic mass is 10.2. The molecular weight excluding hydrogens is 152 g/mol. The van der Waals surface area contributed by atoms with Gasteiger partial charge in [-0.05, 0) is 12.1 Å². The van der Waals surface area contributed by atoms with Gasteiger partial charge in [0.1, 0.15) is 5.84 Å². The van der Waals surface area contributed by atoms with E-state index >= 15 is 0 Å². The van der Waals surface area contributed by atoms with Crippen LogP contribution in [-0.4, -0.2) is 15.2 Å². The van der Waals surface area contributed by atoms with Gasteiger partial charge in [0.2, 0.25) is 0 Å². The molecule has 2 rings (SSSR count). The Balaban J connectivity index is 2.68. The number of hydrogen-bond acceptors (Lipinski definition) is 2. The van der Waals surface area contributed by atoms with Crippen LogP contribution in [-0.2, 0) is 0 Å². The average Bonchev–Trinajstić information content (AvgIpc) is 2.49. The van der Waals surface area contributed by atoms with Crippen LogP contribution in [0.15, 0.2) is 30.9 Å². The molecule has 0 aliphatic carbocycles. The van der Waals surface area contributed by atoms with E-state index in [2.05, 4.69) is 4.98 Å². The molecule has 0 aliphatic rings. The fraction of sp³-hybridized carbons (Fsp3) is 0. The Labute approximate surface area is 69.2 Å². The molecule has 0 bridgehead atoms. The predicted octanol–water partition coefficient (Wildman–Crippen LogP) is 0.618. The smallest absolute Gasteiger partial charge is 0.122 e. The van der Waals surface area contributed by atoms with E-state index in [0.29, 0.717) is 0 Å². The van der Waals surface area contributed by atoms with Crippen LogP contribution < -0.4 is 5.73 Å². The predicted molar refractivity (Wildman–Crippen MR) is 46.2 cm³/mol. The van der Waals surface area contributed by atoms with Crippen LogP contribution >= 0.6 is 0 Å². The SMILES string of the molecule is N=C(N)c1ccn2cncc2c1. The van der Waals surface area contributed by atoms with Crippen LogP contribution in [0.3, 0.4) is 0 Å². The molecule has 0 spiro atoms. The molecule has 3 N–H and O–H groups in total. The summed E-state index contributed by atoms with van der Waals surface area (Å²) < 4.78 is 1.87. The van der Waals surface area contributed by atoms with Crippen LogP contribution in [0, 0.1) is 5.41 Å². The molecule has 0 saturated heterocycles. The normalized spacial score (nSPS) is 10.3. The Hall–Kier alpha value is -1.84. The number of nitrogens with two attached hydrogens (primary N) is 1. The van der Waals surface area contributed by atoms with E-state index in [-0.39, 0.29) is 5.84 Å². The lowest BCUT2D eigenvalue weighted by molar-refractivity contribution is 1.15. The van der Waals surface area contributed by atoms with Crippen molar-refractivity contribution >= 4 is 11.4 Å². The third-order valence-corrected chi connectivity index (χ3v) is 1.73. The van der Waals surface area contributed by atoms with Crippen molar-refractivity contribution in [2.45, 2.75) is 0 Å². The monoisotopic (exact) mass is 160 g/mol. The Morgan fingerprint density at radius 2 is 2.42 bits per heavy atom. The lowest BCUT2D eigenvalue weighted by Crippen LogP contribution is -2.10. The van der Waals surface area contributed by atoms with Crippen LogP contribution in [0.4, 0.5) is 0 Å². The second-order valence-electron chi connectivity index (χ2n) is 2.55. The summed E-state index contributed by atoms with van der Waals surface area (Å²) in [6.07, 6.45) is 5.27. The van der Waals surface area contributed by atoms with Crippen molar-refractivity contribution in [1.82, 2.24) is 9.38 Å². The van der Waals surface area contributed by atoms with Crippen LogP contribution in [0.25, 0.3) is 5.52 Å². The molecule has 4 heteroatoms. The molecule has 60 valence electrons. The number of nitrogens with one attached hydrogen (secondary N) is 1. The Bertz CT molecular complexity index is 429. The summed E-state index contributed by atoms with van der Waals surface area (Å²) in [7, 11) is 0. The van der Waals surface area contributed by atoms with Gasteiger partial charge in [-0.1, -0.05) is 0 Å². The second-order valence-corrected chi connectivity index (χ2v) is 2.55. The molecule has 0 aliphatic heterocycles. The number of imidazole rings is 1. The van der Waals surface area contributed by atoms with Gasteiger partial charge >= 0.3 is 0 Å². The number of hydrogen-bond donors (Lipinski definition) is 2. The quantitative estimate of drug-likeness (QED) is 0.474. The first-order valence-electron chi connectivity index (χ1n) is 3.53. The highest BCUT2D eigenvalue weighted by Crippen LogP contribution is 2.05. The first-order chi connectivity index (χ1) is 5.77. The van der Waals surface area contributed by atoms with E-state index < -0.39 is 0 Å². The summed E-state index contributed by atoms with van der Waals surface area (Å²) in [5.41, 5.74) is 7.00. The third-order valence-electron chi connectivity index (χ3n) is 1.73. The van der Waals surface area contributed by atoms with Gasteiger partial charge in [-0.2, -0.15) is 0 Å². The highest BCUT2D eigenvalue weighted by atomic mass is 15.0. The van der Waals surface area contributed by atoms with Crippen molar-refractivity contribution in [3.05, 3.63) is 36.4 Å². The van der Waals surface area contributed by atoms with Gasteiger partial charge in [-0.15, -0.1) is 0 Å². The minimum Gasteiger partial charge on any atom is -0.384 e. The fourth-order valence-corrected chi connectivity index (χ4v) is 1.09. The van der Waals surface area contributed by atoms with Crippen LogP contribution in [0.1, 0.15) is 5.56 Å². The largest absolute Gasteiger partial charge is 0.384 e. The van der Waals surface area contributed by atoms with Gasteiger partial charge in [0.25, 0.3) is 0 Å². The molecule has 2 aromatic rings. The average molecular weight is 160 g/mol. The summed E-state index contributed by atoms with van der Waals surface area (Å²) in [5, 5.41) is 7.21. The topological polar surface area (TPSA) is 67.2 Å². The van der Waals surface area contributed by atoms with Crippen molar-refractivity contribution in [1.29, 1.82) is 5.41 Å². The second kappa shape index (κ2) is 2.34. The molecule has 2 heterocycles. The highest BCUT2D eigenvalue weighted by Gasteiger charge is 1.97. The van der Waals surface area contributed by atoms with Crippen molar-refractivity contribution < 1.29 is 0 Å². The fourth-order valence-electron chi connectivity index (χ4n) is 1.09. The van der Waals surface area contributed by atoms with Gasteiger partial charge in [0, 0.05) is 11.8 Å². The van der Waals surface area contributed by atoms with Gasteiger partial charge in [0.15, 0.2) is 0 Å². The minimum absolute atomic E-state index is 0.0821. The summed E-state index contributed by atoms with van der Waals surface area (Å²) in [6, 6.07) is 3.62. The lowest BCUT2D eigenvalue weighted by Gasteiger charge is -1.98. The van der Waals surface area contributed by atoms with Gasteiger partial charge in [-0.25, -0.2) is 4.98 Å². The summed E-state index contributed by atoms with van der Waals surface area (Å²) in [6.45, 7) is 0. The van der Waals surface area contributed by atoms with Gasteiger partial charge < -0.3 is 10.1 Å². The molecule has 0 amide bonds. The Morgan fingerprint density at radius 1 is 1.58 bits per heavy atom. The molecule has 12 heavy (non-hydrogen) atoms.